The van der Waals surface area contributed by atoms with Gasteiger partial charge in [-0.15, -0.1) is 0 Å². The molecular weight excluding hydrogens is 524 g/mol. The molecule has 152 valence electrons. The molecule has 0 amide bonds. The molecule has 0 aliphatic carbocycles. The quantitative estimate of drug-likeness (QED) is 0.103. The maximum absolute atomic E-state index is 11.2. The lowest BCUT2D eigenvalue weighted by Gasteiger charge is -2.00. The number of pyridine rings is 4. The van der Waals surface area contributed by atoms with Crippen molar-refractivity contribution >= 4 is 95.5 Å². The molecule has 0 radical (unpaired) electrons. The summed E-state index contributed by atoms with van der Waals surface area (Å²) < 4.78 is 10.3. The minimum absolute atomic E-state index is 0.359. The minimum Gasteiger partial charge on any atom is -0.618 e. The Balaban J connectivity index is 0.000000170. The summed E-state index contributed by atoms with van der Waals surface area (Å²) in [4.78, 5) is 11.9. The first-order chi connectivity index (χ1) is 13.6. The van der Waals surface area contributed by atoms with Crippen LogP contribution in [0, 0.1) is 5.21 Å². The van der Waals surface area contributed by atoms with Crippen LogP contribution in [-0.2, 0) is 4.57 Å². The molecule has 4 aromatic rings. The predicted octanol–water partition coefficient (Wildman–Crippen LogP) is 7.27. The number of rotatable bonds is 0. The van der Waals surface area contributed by atoms with Crippen molar-refractivity contribution in [3.8, 4) is 0 Å². The molecule has 6 nitrogen and oxygen atoms in total. The molecule has 0 bridgehead atoms. The fourth-order valence-electron chi connectivity index (χ4n) is 2.08. The zero-order chi connectivity index (χ0) is 21.6. The molecule has 0 saturated carbocycles. The molecule has 4 rings (SSSR count). The molecule has 4 heterocycles. The van der Waals surface area contributed by atoms with Crippen LogP contribution in [0.2, 0.25) is 15.5 Å². The second-order valence-corrected chi connectivity index (χ2v) is 12.8. The molecule has 29 heavy (non-hydrogen) atoms. The Hall–Kier alpha value is -1.11. The zero-order valence-corrected chi connectivity index (χ0v) is 19.4. The Bertz CT molecular complexity index is 1140. The van der Waals surface area contributed by atoms with E-state index in [1.54, 1.807) is 42.6 Å². The third-order valence-electron chi connectivity index (χ3n) is 3.17. The SMILES string of the molecule is Clc1ccc2c(Cl)nccc2n1.O=P(Cl)(Cl)Cl.[O-][n+]1cccc2c(Cl)nccc21. The van der Waals surface area contributed by atoms with Gasteiger partial charge in [0.15, 0.2) is 6.20 Å². The summed E-state index contributed by atoms with van der Waals surface area (Å²) in [5.41, 5.74) is 1.31. The maximum Gasteiger partial charge on any atom is 0.339 e. The Labute approximate surface area is 194 Å². The highest BCUT2D eigenvalue weighted by Gasteiger charge is 2.05. The Kier molecular flexibility index (Phi) is 8.98. The van der Waals surface area contributed by atoms with Crippen molar-refractivity contribution in [2.24, 2.45) is 0 Å². The van der Waals surface area contributed by atoms with E-state index in [0.717, 1.165) is 15.6 Å². The average Bonchev–Trinajstić information content (AvgIpc) is 2.62. The molecule has 0 spiro atoms. The van der Waals surface area contributed by atoms with E-state index in [1.165, 1.54) is 12.4 Å². The van der Waals surface area contributed by atoms with Crippen LogP contribution in [0.3, 0.4) is 0 Å². The highest BCUT2D eigenvalue weighted by atomic mass is 36.0. The van der Waals surface area contributed by atoms with Crippen molar-refractivity contribution < 1.29 is 9.30 Å². The third kappa shape index (κ3) is 7.91. The third-order valence-corrected chi connectivity index (χ3v) is 3.99. The van der Waals surface area contributed by atoms with E-state index in [9.17, 15) is 9.77 Å². The molecule has 0 unspecified atom stereocenters. The van der Waals surface area contributed by atoms with Crippen LogP contribution in [0.25, 0.3) is 21.8 Å². The molecule has 0 aromatic carbocycles. The molecule has 4 aromatic heterocycles. The Morgan fingerprint density at radius 1 is 0.862 bits per heavy atom. The summed E-state index contributed by atoms with van der Waals surface area (Å²) in [7, 11) is 0. The monoisotopic (exact) mass is 530 g/mol. The summed E-state index contributed by atoms with van der Waals surface area (Å²) in [6, 6.07) is 10.3. The summed E-state index contributed by atoms with van der Waals surface area (Å²) in [6.45, 7) is 0. The number of aromatic nitrogens is 4. The highest BCUT2D eigenvalue weighted by molar-refractivity contribution is 8.24. The van der Waals surface area contributed by atoms with Crippen molar-refractivity contribution in [2.75, 3.05) is 0 Å². The summed E-state index contributed by atoms with van der Waals surface area (Å²) >= 11 is 31.1. The second-order valence-electron chi connectivity index (χ2n) is 5.07. The van der Waals surface area contributed by atoms with Crippen LogP contribution >= 0.6 is 73.7 Å². The lowest BCUT2D eigenvalue weighted by Crippen LogP contribution is -2.25. The molecule has 0 aliphatic heterocycles. The molecule has 13 heteroatoms. The zero-order valence-electron chi connectivity index (χ0n) is 14.0. The van der Waals surface area contributed by atoms with Gasteiger partial charge in [-0.1, -0.05) is 34.8 Å². The standard InChI is InChI=1S/C8H4Cl2N2.C8H5ClN2O.Cl3OP/c9-7-2-1-5-6(12-7)3-4-11-8(5)10;9-8-6-2-1-5-11(12)7(6)3-4-10-8;1-5(2,3)4/h1-4H;1-5H;. The number of halogens is 6. The fraction of sp³-hybridized carbons (Fsp3) is 0. The molecule has 0 N–H and O–H groups in total. The van der Waals surface area contributed by atoms with Crippen molar-refractivity contribution in [1.29, 1.82) is 0 Å². The minimum atomic E-state index is -3.22. The van der Waals surface area contributed by atoms with Crippen molar-refractivity contribution in [2.45, 2.75) is 0 Å². The van der Waals surface area contributed by atoms with Gasteiger partial charge in [-0.25, -0.2) is 15.0 Å². The lowest BCUT2D eigenvalue weighted by atomic mass is 10.3. The van der Waals surface area contributed by atoms with Gasteiger partial charge >= 0.3 is 5.20 Å². The van der Waals surface area contributed by atoms with Gasteiger partial charge in [-0.05, 0) is 58.0 Å². The highest BCUT2D eigenvalue weighted by Crippen LogP contribution is 2.61. The molecule has 0 atom stereocenters. The van der Waals surface area contributed by atoms with Crippen LogP contribution < -0.4 is 4.73 Å². The van der Waals surface area contributed by atoms with Gasteiger partial charge in [0, 0.05) is 29.9 Å². The van der Waals surface area contributed by atoms with Crippen LogP contribution in [0.5, 0.6) is 0 Å². The van der Waals surface area contributed by atoms with E-state index >= 15 is 0 Å². The van der Waals surface area contributed by atoms with Crippen molar-refractivity contribution in [3.05, 3.63) is 75.7 Å². The van der Waals surface area contributed by atoms with Gasteiger partial charge in [0.05, 0.1) is 10.9 Å². The number of nitrogens with zero attached hydrogens (tertiary/aromatic N) is 4. The Morgan fingerprint density at radius 3 is 2.07 bits per heavy atom. The predicted molar refractivity (Wildman–Crippen MR) is 120 cm³/mol. The summed E-state index contributed by atoms with van der Waals surface area (Å²) in [6.07, 6.45) is 4.55. The second kappa shape index (κ2) is 10.8. The normalized spacial score (nSPS) is 10.7. The Morgan fingerprint density at radius 2 is 1.45 bits per heavy atom. The number of hydrogen-bond acceptors (Lipinski definition) is 5. The van der Waals surface area contributed by atoms with E-state index in [2.05, 4.69) is 48.7 Å². The van der Waals surface area contributed by atoms with E-state index in [0.29, 0.717) is 26.4 Å². The van der Waals surface area contributed by atoms with Crippen LogP contribution in [0.4, 0.5) is 0 Å². The van der Waals surface area contributed by atoms with E-state index in [1.807, 2.05) is 0 Å². The molecule has 0 fully saturated rings. The largest absolute Gasteiger partial charge is 0.618 e. The fourth-order valence-corrected chi connectivity index (χ4v) is 2.66. The van der Waals surface area contributed by atoms with E-state index in [-0.39, 0.29) is 0 Å². The first kappa shape index (κ1) is 24.2. The molecule has 0 aliphatic rings. The van der Waals surface area contributed by atoms with Gasteiger partial charge in [0.25, 0.3) is 0 Å². The van der Waals surface area contributed by atoms with E-state index < -0.39 is 5.20 Å². The lowest BCUT2D eigenvalue weighted by molar-refractivity contribution is -0.577. The van der Waals surface area contributed by atoms with Crippen LogP contribution in [0.15, 0.2) is 55.0 Å². The topological polar surface area (TPSA) is 82.7 Å². The maximum atomic E-state index is 11.2. The first-order valence-corrected chi connectivity index (χ1v) is 13.0. The van der Waals surface area contributed by atoms with E-state index in [4.69, 9.17) is 34.8 Å². The smallest absolute Gasteiger partial charge is 0.339 e. The molecule has 0 saturated heterocycles. The first-order valence-electron chi connectivity index (χ1n) is 7.44. The van der Waals surface area contributed by atoms with Crippen LogP contribution in [-0.4, -0.2) is 15.0 Å². The van der Waals surface area contributed by atoms with Gasteiger partial charge in [-0.2, -0.15) is 4.73 Å². The van der Waals surface area contributed by atoms with Crippen molar-refractivity contribution in [3.63, 3.8) is 0 Å². The van der Waals surface area contributed by atoms with Gasteiger partial charge in [0.1, 0.15) is 15.5 Å². The van der Waals surface area contributed by atoms with Crippen LogP contribution in [0.1, 0.15) is 0 Å². The summed E-state index contributed by atoms with van der Waals surface area (Å²) in [5, 5.41) is 10.7. The van der Waals surface area contributed by atoms with Gasteiger partial charge < -0.3 is 5.21 Å². The molecular formula is C16H9Cl6N4O2P. The summed E-state index contributed by atoms with van der Waals surface area (Å²) in [5.74, 6) is 0. The average molecular weight is 533 g/mol. The van der Waals surface area contributed by atoms with Gasteiger partial charge in [0.2, 0.25) is 5.52 Å². The number of hydrogen-bond donors (Lipinski definition) is 0. The number of fused-ring (bicyclic) bond motifs is 2. The van der Waals surface area contributed by atoms with Gasteiger partial charge in [-0.3, -0.25) is 4.57 Å². The van der Waals surface area contributed by atoms with Crippen molar-refractivity contribution in [1.82, 2.24) is 15.0 Å².